The maximum Gasteiger partial charge on any atom is 0.340 e. The largest absolute Gasteiger partial charge is 0.459 e. The Kier molecular flexibility index (Phi) is 5.00. The van der Waals surface area contributed by atoms with Gasteiger partial charge in [-0.2, -0.15) is 0 Å². The summed E-state index contributed by atoms with van der Waals surface area (Å²) in [5.74, 6) is -2.99. The van der Waals surface area contributed by atoms with Crippen molar-refractivity contribution in [3.05, 3.63) is 74.9 Å². The molecule has 0 amide bonds. The Balaban J connectivity index is 2.26. The lowest BCUT2D eigenvalue weighted by Gasteiger charge is -2.27. The number of benzene rings is 1. The minimum atomic E-state index is -1.03. The Morgan fingerprint density at radius 3 is 2.74 bits per heavy atom. The van der Waals surface area contributed by atoms with Gasteiger partial charge < -0.3 is 24.7 Å². The van der Waals surface area contributed by atoms with Gasteiger partial charge in [0, 0.05) is 6.07 Å². The van der Waals surface area contributed by atoms with E-state index in [1.807, 2.05) is 0 Å². The van der Waals surface area contributed by atoms with E-state index in [4.69, 9.17) is 19.6 Å². The first kappa shape index (κ1) is 18.7. The minimum Gasteiger partial charge on any atom is -0.459 e. The fourth-order valence-electron chi connectivity index (χ4n) is 2.86. The molecule has 0 aliphatic carbocycles. The molecule has 1 aliphatic rings. The number of fused-ring (bicyclic) bond motifs is 1. The average Bonchev–Trinajstić information content (AvgIpc) is 2.60. The molecule has 8 heteroatoms. The lowest BCUT2D eigenvalue weighted by atomic mass is 9.86. The van der Waals surface area contributed by atoms with Crippen LogP contribution < -0.4 is 15.9 Å². The van der Waals surface area contributed by atoms with E-state index in [1.54, 1.807) is 19.9 Å². The van der Waals surface area contributed by atoms with Gasteiger partial charge in [-0.25, -0.2) is 9.18 Å². The molecule has 0 bridgehead atoms. The maximum absolute atomic E-state index is 13.8. The number of esters is 1. The molecule has 0 spiro atoms. The number of aliphatic hydroxyl groups excluding tert-OH is 1. The van der Waals surface area contributed by atoms with Gasteiger partial charge in [0.15, 0.2) is 5.76 Å². The van der Waals surface area contributed by atoms with E-state index in [1.165, 1.54) is 18.2 Å². The number of ether oxygens (including phenoxy) is 2. The Morgan fingerprint density at radius 2 is 2.11 bits per heavy atom. The summed E-state index contributed by atoms with van der Waals surface area (Å²) in [4.78, 5) is 25.0. The molecule has 2 heterocycles. The maximum atomic E-state index is 13.8. The molecule has 1 atom stereocenters. The van der Waals surface area contributed by atoms with Crippen LogP contribution in [0, 0.1) is 5.82 Å². The number of halogens is 1. The summed E-state index contributed by atoms with van der Waals surface area (Å²) in [6.07, 6.45) is -0.442. The van der Waals surface area contributed by atoms with Crippen LogP contribution in [0.1, 0.15) is 36.8 Å². The van der Waals surface area contributed by atoms with Gasteiger partial charge in [0.1, 0.15) is 23.8 Å². The van der Waals surface area contributed by atoms with Crippen LogP contribution in [0.4, 0.5) is 4.39 Å². The number of carbonyl (C=O) groups excluding carboxylic acids is 1. The quantitative estimate of drug-likeness (QED) is 0.785. The normalized spacial score (nSPS) is 16.1. The van der Waals surface area contributed by atoms with Crippen molar-refractivity contribution in [2.24, 2.45) is 5.73 Å². The van der Waals surface area contributed by atoms with Crippen LogP contribution >= 0.6 is 0 Å². The van der Waals surface area contributed by atoms with Crippen molar-refractivity contribution in [1.29, 1.82) is 0 Å². The molecule has 0 radical (unpaired) electrons. The molecule has 2 aromatic rings. The molecule has 3 N–H and O–H groups in total. The number of nitrogens with two attached hydrogens (primary N) is 1. The molecule has 0 unspecified atom stereocenters. The third kappa shape index (κ3) is 3.56. The van der Waals surface area contributed by atoms with E-state index in [0.717, 1.165) is 6.07 Å². The molecule has 0 saturated carbocycles. The van der Waals surface area contributed by atoms with E-state index in [-0.39, 0.29) is 28.7 Å². The van der Waals surface area contributed by atoms with Gasteiger partial charge in [-0.1, -0.05) is 12.1 Å². The minimum absolute atomic E-state index is 0.0270. The lowest BCUT2D eigenvalue weighted by Crippen LogP contribution is -2.31. The molecular weight excluding hydrogens is 357 g/mol. The molecular formula is C19H18FNO6. The average molecular weight is 375 g/mol. The fraction of sp³-hybridized carbons (Fsp3) is 0.263. The Labute approximate surface area is 153 Å². The molecule has 27 heavy (non-hydrogen) atoms. The zero-order valence-corrected chi connectivity index (χ0v) is 14.7. The third-order valence-corrected chi connectivity index (χ3v) is 3.91. The van der Waals surface area contributed by atoms with Crippen molar-refractivity contribution in [2.45, 2.75) is 32.5 Å². The summed E-state index contributed by atoms with van der Waals surface area (Å²) in [7, 11) is 0. The van der Waals surface area contributed by atoms with E-state index >= 15 is 0 Å². The topological polar surface area (TPSA) is 112 Å². The molecule has 1 aliphatic heterocycles. The zero-order chi connectivity index (χ0) is 19.7. The number of hydrogen-bond donors (Lipinski definition) is 2. The molecule has 7 nitrogen and oxygen atoms in total. The standard InChI is InChI=1S/C19H18FNO6/c1-9(2)25-19(24)15-14(10-4-3-5-11(20)6-10)17-16(27-18(15)21)13(23)7-12(8-22)26-17/h3-7,9,14,22H,8,21H2,1-2H3/t14-/m1/s1. The molecule has 1 aromatic heterocycles. The highest BCUT2D eigenvalue weighted by atomic mass is 19.1. The zero-order valence-electron chi connectivity index (χ0n) is 14.7. The highest BCUT2D eigenvalue weighted by Gasteiger charge is 2.39. The SMILES string of the molecule is CC(C)OC(=O)C1=C(N)Oc2c(oc(CO)cc2=O)[C@@H]1c1cccc(F)c1. The van der Waals surface area contributed by atoms with Gasteiger partial charge >= 0.3 is 5.97 Å². The lowest BCUT2D eigenvalue weighted by molar-refractivity contribution is -0.143. The van der Waals surface area contributed by atoms with Crippen LogP contribution in [-0.4, -0.2) is 17.2 Å². The predicted molar refractivity (Wildman–Crippen MR) is 92.2 cm³/mol. The van der Waals surface area contributed by atoms with Gasteiger partial charge in [0.25, 0.3) is 0 Å². The van der Waals surface area contributed by atoms with E-state index in [9.17, 15) is 19.1 Å². The van der Waals surface area contributed by atoms with E-state index in [2.05, 4.69) is 0 Å². The smallest absolute Gasteiger partial charge is 0.340 e. The molecule has 142 valence electrons. The number of aliphatic hydroxyl groups is 1. The van der Waals surface area contributed by atoms with Crippen molar-refractivity contribution < 1.29 is 28.2 Å². The van der Waals surface area contributed by atoms with Gasteiger partial charge in [-0.15, -0.1) is 0 Å². The number of rotatable bonds is 4. The molecule has 3 rings (SSSR count). The van der Waals surface area contributed by atoms with Crippen molar-refractivity contribution in [2.75, 3.05) is 0 Å². The van der Waals surface area contributed by atoms with E-state index < -0.39 is 35.8 Å². The van der Waals surface area contributed by atoms with Crippen LogP contribution in [0.2, 0.25) is 0 Å². The van der Waals surface area contributed by atoms with Crippen LogP contribution in [0.5, 0.6) is 5.75 Å². The second kappa shape index (κ2) is 7.24. The Hall–Kier alpha value is -3.13. The first-order valence-electron chi connectivity index (χ1n) is 8.23. The summed E-state index contributed by atoms with van der Waals surface area (Å²) in [6.45, 7) is 2.78. The highest BCUT2D eigenvalue weighted by Crippen LogP contribution is 2.41. The molecule has 0 fully saturated rings. The predicted octanol–water partition coefficient (Wildman–Crippen LogP) is 1.92. The van der Waals surface area contributed by atoms with E-state index in [0.29, 0.717) is 5.56 Å². The number of hydrogen-bond acceptors (Lipinski definition) is 7. The highest BCUT2D eigenvalue weighted by molar-refractivity contribution is 5.92. The van der Waals surface area contributed by atoms with Crippen LogP contribution in [-0.2, 0) is 16.1 Å². The molecule has 0 saturated heterocycles. The van der Waals surface area contributed by atoms with Crippen LogP contribution in [0.15, 0.2) is 51.0 Å². The summed E-state index contributed by atoms with van der Waals surface area (Å²) >= 11 is 0. The number of carbonyl (C=O) groups is 1. The second-order valence-electron chi connectivity index (χ2n) is 6.25. The Bertz CT molecular complexity index is 978. The van der Waals surface area contributed by atoms with Crippen molar-refractivity contribution >= 4 is 5.97 Å². The van der Waals surface area contributed by atoms with Crippen LogP contribution in [0.3, 0.4) is 0 Å². The second-order valence-corrected chi connectivity index (χ2v) is 6.25. The van der Waals surface area contributed by atoms with Crippen molar-refractivity contribution in [3.8, 4) is 5.75 Å². The van der Waals surface area contributed by atoms with Gasteiger partial charge in [-0.05, 0) is 31.5 Å². The van der Waals surface area contributed by atoms with Gasteiger partial charge in [-0.3, -0.25) is 4.79 Å². The summed E-state index contributed by atoms with van der Waals surface area (Å²) < 4.78 is 30.0. The van der Waals surface area contributed by atoms with Crippen LogP contribution in [0.25, 0.3) is 0 Å². The summed E-state index contributed by atoms with van der Waals surface area (Å²) in [6, 6.07) is 6.51. The third-order valence-electron chi connectivity index (χ3n) is 3.91. The first-order chi connectivity index (χ1) is 12.8. The fourth-order valence-corrected chi connectivity index (χ4v) is 2.86. The Morgan fingerprint density at radius 1 is 1.37 bits per heavy atom. The monoisotopic (exact) mass is 375 g/mol. The summed E-state index contributed by atoms with van der Waals surface area (Å²) in [5.41, 5.74) is 5.53. The van der Waals surface area contributed by atoms with Crippen molar-refractivity contribution in [1.82, 2.24) is 0 Å². The van der Waals surface area contributed by atoms with Gasteiger partial charge in [0.2, 0.25) is 17.1 Å². The van der Waals surface area contributed by atoms with Crippen molar-refractivity contribution in [3.63, 3.8) is 0 Å². The molecule has 1 aromatic carbocycles. The first-order valence-corrected chi connectivity index (χ1v) is 8.23. The summed E-state index contributed by atoms with van der Waals surface area (Å²) in [5, 5.41) is 9.35. The van der Waals surface area contributed by atoms with Gasteiger partial charge in [0.05, 0.1) is 12.0 Å².